The maximum Gasteiger partial charge on any atom is 0.191 e. The molecule has 160 valence electrons. The number of likely N-dealkylation sites (tertiary alicyclic amines) is 1. The molecule has 8 heteroatoms. The third-order valence-corrected chi connectivity index (χ3v) is 6.68. The third kappa shape index (κ3) is 7.87. The lowest BCUT2D eigenvalue weighted by Gasteiger charge is -2.40. The van der Waals surface area contributed by atoms with E-state index < -0.39 is 9.84 Å². The highest BCUT2D eigenvalue weighted by Gasteiger charge is 2.27. The number of sulfone groups is 1. The number of aliphatic imine (C=N–C) groups is 1. The van der Waals surface area contributed by atoms with Gasteiger partial charge in [-0.1, -0.05) is 24.6 Å². The Labute approximate surface area is 187 Å². The summed E-state index contributed by atoms with van der Waals surface area (Å²) in [5.74, 6) is 0.711. The first kappa shape index (κ1) is 25.2. The number of guanidine groups is 1. The molecule has 0 saturated carbocycles. The van der Waals surface area contributed by atoms with Crippen molar-refractivity contribution in [3.05, 3.63) is 30.3 Å². The van der Waals surface area contributed by atoms with Crippen molar-refractivity contribution in [2.75, 3.05) is 38.5 Å². The van der Waals surface area contributed by atoms with Crippen molar-refractivity contribution < 1.29 is 8.42 Å². The Morgan fingerprint density at radius 3 is 2.36 bits per heavy atom. The van der Waals surface area contributed by atoms with Gasteiger partial charge in [0.05, 0.1) is 17.2 Å². The summed E-state index contributed by atoms with van der Waals surface area (Å²) < 4.78 is 24.8. The molecule has 0 unspecified atom stereocenters. The van der Waals surface area contributed by atoms with Crippen LogP contribution in [0.4, 0.5) is 0 Å². The quantitative estimate of drug-likeness (QED) is 0.312. The number of halogens is 1. The molecule has 2 N–H and O–H groups in total. The Balaban J connectivity index is 0.00000392. The Bertz CT molecular complexity index is 702. The van der Waals surface area contributed by atoms with Gasteiger partial charge in [0.15, 0.2) is 15.8 Å². The average Bonchev–Trinajstić information content (AvgIpc) is 2.67. The van der Waals surface area contributed by atoms with Gasteiger partial charge in [0, 0.05) is 18.6 Å². The maximum absolute atomic E-state index is 12.4. The fraction of sp³-hybridized carbons (Fsp3) is 0.650. The van der Waals surface area contributed by atoms with Gasteiger partial charge in [0.1, 0.15) is 0 Å². The molecule has 0 atom stereocenters. The van der Waals surface area contributed by atoms with Crippen LogP contribution in [-0.4, -0.2) is 63.3 Å². The summed E-state index contributed by atoms with van der Waals surface area (Å²) in [5.41, 5.74) is -0.00110. The van der Waals surface area contributed by atoms with E-state index in [9.17, 15) is 8.42 Å². The Kier molecular flexibility index (Phi) is 10.8. The van der Waals surface area contributed by atoms with Gasteiger partial charge >= 0.3 is 0 Å². The van der Waals surface area contributed by atoms with Gasteiger partial charge < -0.3 is 10.6 Å². The zero-order valence-electron chi connectivity index (χ0n) is 17.3. The van der Waals surface area contributed by atoms with Gasteiger partial charge in [0.25, 0.3) is 0 Å². The molecule has 6 nitrogen and oxygen atoms in total. The van der Waals surface area contributed by atoms with E-state index in [1.165, 1.54) is 19.3 Å². The van der Waals surface area contributed by atoms with E-state index in [4.69, 9.17) is 4.99 Å². The van der Waals surface area contributed by atoms with Crippen LogP contribution in [0.25, 0.3) is 0 Å². The number of rotatable bonds is 8. The van der Waals surface area contributed by atoms with E-state index in [1.54, 1.807) is 24.3 Å². The summed E-state index contributed by atoms with van der Waals surface area (Å²) >= 11 is 0. The molecule has 1 heterocycles. The van der Waals surface area contributed by atoms with Crippen LogP contribution < -0.4 is 10.6 Å². The van der Waals surface area contributed by atoms with Crippen molar-refractivity contribution in [1.82, 2.24) is 15.5 Å². The molecular formula is C20H35IN4O2S. The van der Waals surface area contributed by atoms with Crippen LogP contribution in [0.15, 0.2) is 40.2 Å². The highest BCUT2D eigenvalue weighted by molar-refractivity contribution is 14.0. The Morgan fingerprint density at radius 1 is 1.11 bits per heavy atom. The highest BCUT2D eigenvalue weighted by atomic mass is 127. The largest absolute Gasteiger partial charge is 0.357 e. The average molecular weight is 522 g/mol. The lowest BCUT2D eigenvalue weighted by molar-refractivity contribution is 0.102. The third-order valence-electron chi connectivity index (χ3n) is 4.95. The summed E-state index contributed by atoms with van der Waals surface area (Å²) in [5, 5.41) is 6.37. The van der Waals surface area contributed by atoms with E-state index in [2.05, 4.69) is 29.4 Å². The second-order valence-electron chi connectivity index (χ2n) is 7.61. The first-order valence-corrected chi connectivity index (χ1v) is 11.6. The molecule has 0 amide bonds. The van der Waals surface area contributed by atoms with E-state index >= 15 is 0 Å². The fourth-order valence-corrected chi connectivity index (χ4v) is 4.44. The lowest BCUT2D eigenvalue weighted by atomic mass is 9.99. The molecule has 0 aliphatic carbocycles. The summed E-state index contributed by atoms with van der Waals surface area (Å²) in [7, 11) is -3.28. The minimum absolute atomic E-state index is 0. The van der Waals surface area contributed by atoms with Crippen molar-refractivity contribution in [2.24, 2.45) is 4.99 Å². The van der Waals surface area contributed by atoms with E-state index in [0.717, 1.165) is 19.6 Å². The molecule has 0 bridgehead atoms. The molecule has 1 saturated heterocycles. The zero-order chi connectivity index (χ0) is 19.8. The van der Waals surface area contributed by atoms with Crippen LogP contribution >= 0.6 is 24.0 Å². The molecule has 1 aliphatic heterocycles. The number of benzene rings is 1. The summed E-state index contributed by atoms with van der Waals surface area (Å²) in [4.78, 5) is 7.58. The van der Waals surface area contributed by atoms with Crippen molar-refractivity contribution in [1.29, 1.82) is 0 Å². The predicted molar refractivity (Wildman–Crippen MR) is 127 cm³/mol. The molecular weight excluding hydrogens is 487 g/mol. The number of nitrogens with one attached hydrogen (secondary N) is 2. The first-order chi connectivity index (χ1) is 12.8. The summed E-state index contributed by atoms with van der Waals surface area (Å²) in [6, 6.07) is 8.58. The lowest BCUT2D eigenvalue weighted by Crippen LogP contribution is -2.49. The predicted octanol–water partition coefficient (Wildman–Crippen LogP) is 2.90. The molecule has 0 aromatic heterocycles. The molecule has 1 fully saturated rings. The summed E-state index contributed by atoms with van der Waals surface area (Å²) in [6.45, 7) is 10.5. The fourth-order valence-electron chi connectivity index (χ4n) is 3.26. The highest BCUT2D eigenvalue weighted by Crippen LogP contribution is 2.20. The molecule has 2 rings (SSSR count). The molecule has 0 spiro atoms. The summed E-state index contributed by atoms with van der Waals surface area (Å²) in [6.07, 6.45) is 3.82. The maximum atomic E-state index is 12.4. The van der Waals surface area contributed by atoms with Crippen LogP contribution in [0.2, 0.25) is 0 Å². The molecule has 1 aromatic rings. The van der Waals surface area contributed by atoms with E-state index in [0.29, 0.717) is 23.9 Å². The minimum Gasteiger partial charge on any atom is -0.357 e. The normalized spacial score (nSPS) is 16.3. The Morgan fingerprint density at radius 2 is 1.75 bits per heavy atom. The number of hydrogen-bond acceptors (Lipinski definition) is 4. The van der Waals surface area contributed by atoms with Crippen LogP contribution in [0.5, 0.6) is 0 Å². The van der Waals surface area contributed by atoms with Gasteiger partial charge in [0.2, 0.25) is 0 Å². The number of nitrogens with zero attached hydrogens (tertiary/aromatic N) is 2. The second kappa shape index (κ2) is 12.0. The van der Waals surface area contributed by atoms with Gasteiger partial charge in [-0.15, -0.1) is 24.0 Å². The van der Waals surface area contributed by atoms with Crippen molar-refractivity contribution in [3.8, 4) is 0 Å². The van der Waals surface area contributed by atoms with Gasteiger partial charge in [-0.25, -0.2) is 8.42 Å². The van der Waals surface area contributed by atoms with Crippen molar-refractivity contribution >= 4 is 39.8 Å². The van der Waals surface area contributed by atoms with E-state index in [-0.39, 0.29) is 35.3 Å². The zero-order valence-corrected chi connectivity index (χ0v) is 20.4. The van der Waals surface area contributed by atoms with Gasteiger partial charge in [-0.2, -0.15) is 0 Å². The minimum atomic E-state index is -3.28. The SMILES string of the molecule is CCNC(=NCC(C)(C)N1CCCCC1)NCCS(=O)(=O)c1ccccc1.I. The van der Waals surface area contributed by atoms with Crippen molar-refractivity contribution in [3.63, 3.8) is 0 Å². The standard InChI is InChI=1S/C20H34N4O2S.HI/c1-4-21-19(23-17-20(2,3)24-14-9-6-10-15-24)22-13-16-27(25,26)18-11-7-5-8-12-18;/h5,7-8,11-12H,4,6,9-10,13-17H2,1-3H3,(H2,21,22,23);1H. The smallest absolute Gasteiger partial charge is 0.191 e. The second-order valence-corrected chi connectivity index (χ2v) is 9.72. The number of hydrogen-bond donors (Lipinski definition) is 2. The first-order valence-electron chi connectivity index (χ1n) is 9.90. The van der Waals surface area contributed by atoms with Crippen LogP contribution in [0.3, 0.4) is 0 Å². The van der Waals surface area contributed by atoms with Crippen LogP contribution in [-0.2, 0) is 9.84 Å². The topological polar surface area (TPSA) is 73.8 Å². The van der Waals surface area contributed by atoms with Crippen LogP contribution in [0.1, 0.15) is 40.0 Å². The van der Waals surface area contributed by atoms with Gasteiger partial charge in [-0.3, -0.25) is 9.89 Å². The molecule has 1 aromatic carbocycles. The van der Waals surface area contributed by atoms with Crippen molar-refractivity contribution in [2.45, 2.75) is 50.5 Å². The van der Waals surface area contributed by atoms with Gasteiger partial charge in [-0.05, 0) is 58.8 Å². The van der Waals surface area contributed by atoms with E-state index in [1.807, 2.05) is 13.0 Å². The number of piperidine rings is 1. The van der Waals surface area contributed by atoms with Crippen LogP contribution in [0, 0.1) is 0 Å². The Hall–Kier alpha value is -0.870. The molecule has 0 radical (unpaired) electrons. The monoisotopic (exact) mass is 522 g/mol. The molecule has 28 heavy (non-hydrogen) atoms. The molecule has 1 aliphatic rings.